The third-order valence-electron chi connectivity index (χ3n) is 2.86. The van der Waals surface area contributed by atoms with E-state index in [4.69, 9.17) is 4.74 Å². The minimum absolute atomic E-state index is 0.165. The van der Waals surface area contributed by atoms with Gasteiger partial charge in [0.2, 0.25) is 0 Å². The molecule has 0 radical (unpaired) electrons. The number of nitrogens with zero attached hydrogens (tertiary/aromatic N) is 1. The maximum absolute atomic E-state index is 13.3. The summed E-state index contributed by atoms with van der Waals surface area (Å²) in [6.07, 6.45) is -5.50. The second-order valence-electron chi connectivity index (χ2n) is 5.91. The number of likely N-dealkylation sites (N-methyl/N-ethyl adjacent to an activating group) is 1. The molecule has 0 saturated carbocycles. The highest BCUT2D eigenvalue weighted by Gasteiger charge is 2.35. The zero-order valence-corrected chi connectivity index (χ0v) is 13.1. The van der Waals surface area contributed by atoms with Crippen LogP contribution in [0.5, 0.6) is 0 Å². The molecule has 8 heteroatoms. The van der Waals surface area contributed by atoms with Gasteiger partial charge in [-0.3, -0.25) is 4.90 Å². The molecule has 0 spiro atoms. The van der Waals surface area contributed by atoms with Gasteiger partial charge >= 0.3 is 12.3 Å². The van der Waals surface area contributed by atoms with E-state index in [1.807, 2.05) is 0 Å². The molecule has 0 aliphatic carbocycles. The Hall–Kier alpha value is -2.12. The van der Waals surface area contributed by atoms with Crippen LogP contribution in [-0.2, 0) is 15.7 Å². The zero-order chi connectivity index (χ0) is 18.0. The molecular weight excluding hydrogens is 318 g/mol. The Morgan fingerprint density at radius 3 is 2.26 bits per heavy atom. The summed E-state index contributed by atoms with van der Waals surface area (Å²) in [6, 6.07) is 0.809. The van der Waals surface area contributed by atoms with Gasteiger partial charge in [0, 0.05) is 7.05 Å². The van der Waals surface area contributed by atoms with Crippen molar-refractivity contribution in [2.24, 2.45) is 0 Å². The number of benzene rings is 1. The van der Waals surface area contributed by atoms with Gasteiger partial charge in [-0.2, -0.15) is 13.2 Å². The zero-order valence-electron chi connectivity index (χ0n) is 13.1. The molecule has 23 heavy (non-hydrogen) atoms. The summed E-state index contributed by atoms with van der Waals surface area (Å²) in [4.78, 5) is 24.0. The standard InChI is InChI=1S/C15H17F4NO3/c1-14(2,3)23-13(22)20(4)12(8-21)9-5-6-11(16)10(7-9)15(17,18)19/h5-8,12H,1-4H3. The van der Waals surface area contributed by atoms with Crippen LogP contribution in [0.3, 0.4) is 0 Å². The van der Waals surface area contributed by atoms with Crippen LogP contribution < -0.4 is 0 Å². The Morgan fingerprint density at radius 1 is 1.26 bits per heavy atom. The Balaban J connectivity index is 3.16. The van der Waals surface area contributed by atoms with E-state index in [2.05, 4.69) is 0 Å². The number of amides is 1. The first-order chi connectivity index (χ1) is 10.4. The van der Waals surface area contributed by atoms with Gasteiger partial charge in [-0.1, -0.05) is 6.07 Å². The molecule has 0 heterocycles. The number of alkyl halides is 3. The molecule has 1 amide bonds. The van der Waals surface area contributed by atoms with Gasteiger partial charge in [-0.25, -0.2) is 9.18 Å². The van der Waals surface area contributed by atoms with E-state index < -0.39 is 35.3 Å². The molecule has 0 aromatic heterocycles. The highest BCUT2D eigenvalue weighted by atomic mass is 19.4. The van der Waals surface area contributed by atoms with Crippen LogP contribution in [0.4, 0.5) is 22.4 Å². The predicted octanol–water partition coefficient (Wildman–Crippen LogP) is 3.95. The molecule has 0 aliphatic rings. The van der Waals surface area contributed by atoms with E-state index in [0.29, 0.717) is 12.1 Å². The van der Waals surface area contributed by atoms with Gasteiger partial charge in [-0.05, 0) is 38.5 Å². The van der Waals surface area contributed by atoms with Crippen molar-refractivity contribution < 1.29 is 31.9 Å². The summed E-state index contributed by atoms with van der Waals surface area (Å²) in [7, 11) is 1.21. The fourth-order valence-electron chi connectivity index (χ4n) is 1.79. The largest absolute Gasteiger partial charge is 0.444 e. The number of halogens is 4. The molecule has 0 N–H and O–H groups in total. The number of hydrogen-bond donors (Lipinski definition) is 0. The van der Waals surface area contributed by atoms with Gasteiger partial charge in [-0.15, -0.1) is 0 Å². The lowest BCUT2D eigenvalue weighted by Crippen LogP contribution is -2.37. The minimum atomic E-state index is -4.90. The Bertz CT molecular complexity index is 593. The van der Waals surface area contributed by atoms with Crippen molar-refractivity contribution in [3.63, 3.8) is 0 Å². The van der Waals surface area contributed by atoms with Crippen molar-refractivity contribution in [2.75, 3.05) is 7.05 Å². The summed E-state index contributed by atoms with van der Waals surface area (Å²) in [5, 5.41) is 0. The average molecular weight is 335 g/mol. The van der Waals surface area contributed by atoms with E-state index in [-0.39, 0.29) is 11.8 Å². The fourth-order valence-corrected chi connectivity index (χ4v) is 1.79. The molecule has 1 aromatic carbocycles. The lowest BCUT2D eigenvalue weighted by Gasteiger charge is -2.28. The normalized spacial score (nSPS) is 13.4. The first kappa shape index (κ1) is 18.9. The Morgan fingerprint density at radius 2 is 1.83 bits per heavy atom. The molecule has 1 aromatic rings. The van der Waals surface area contributed by atoms with E-state index >= 15 is 0 Å². The topological polar surface area (TPSA) is 46.6 Å². The monoisotopic (exact) mass is 335 g/mol. The van der Waals surface area contributed by atoms with Crippen molar-refractivity contribution >= 4 is 12.4 Å². The number of aldehydes is 1. The van der Waals surface area contributed by atoms with Crippen LogP contribution in [0.15, 0.2) is 18.2 Å². The molecular formula is C15H17F4NO3. The van der Waals surface area contributed by atoms with Crippen LogP contribution in [0.25, 0.3) is 0 Å². The molecule has 1 unspecified atom stereocenters. The molecule has 0 saturated heterocycles. The van der Waals surface area contributed by atoms with Gasteiger partial charge < -0.3 is 9.53 Å². The highest BCUT2D eigenvalue weighted by molar-refractivity contribution is 5.74. The van der Waals surface area contributed by atoms with E-state index in [1.54, 1.807) is 20.8 Å². The molecule has 128 valence electrons. The molecule has 1 atom stereocenters. The van der Waals surface area contributed by atoms with Crippen LogP contribution in [0.1, 0.15) is 37.9 Å². The molecule has 1 rings (SSSR count). The van der Waals surface area contributed by atoms with Crippen LogP contribution in [0.2, 0.25) is 0 Å². The number of hydrogen-bond acceptors (Lipinski definition) is 3. The lowest BCUT2D eigenvalue weighted by atomic mass is 10.0. The van der Waals surface area contributed by atoms with Gasteiger partial charge in [0.15, 0.2) is 0 Å². The molecule has 0 aliphatic heterocycles. The van der Waals surface area contributed by atoms with Gasteiger partial charge in [0.05, 0.1) is 5.56 Å². The average Bonchev–Trinajstić information content (AvgIpc) is 2.37. The number of carbonyl (C=O) groups excluding carboxylic acids is 2. The third kappa shape index (κ3) is 4.94. The summed E-state index contributed by atoms with van der Waals surface area (Å²) in [6.45, 7) is 4.82. The van der Waals surface area contributed by atoms with Crippen LogP contribution in [-0.4, -0.2) is 29.9 Å². The van der Waals surface area contributed by atoms with E-state index in [1.165, 1.54) is 7.05 Å². The lowest BCUT2D eigenvalue weighted by molar-refractivity contribution is -0.140. The van der Waals surface area contributed by atoms with E-state index in [9.17, 15) is 27.2 Å². The summed E-state index contributed by atoms with van der Waals surface area (Å²) >= 11 is 0. The smallest absolute Gasteiger partial charge is 0.419 e. The second-order valence-corrected chi connectivity index (χ2v) is 5.91. The maximum Gasteiger partial charge on any atom is 0.419 e. The van der Waals surface area contributed by atoms with Crippen molar-refractivity contribution in [3.8, 4) is 0 Å². The molecule has 0 fully saturated rings. The number of rotatable bonds is 3. The van der Waals surface area contributed by atoms with Crippen LogP contribution >= 0.6 is 0 Å². The Labute approximate surface area is 131 Å². The van der Waals surface area contributed by atoms with Crippen molar-refractivity contribution in [2.45, 2.75) is 38.6 Å². The minimum Gasteiger partial charge on any atom is -0.444 e. The first-order valence-corrected chi connectivity index (χ1v) is 6.64. The number of ether oxygens (including phenoxy) is 1. The van der Waals surface area contributed by atoms with Crippen LogP contribution in [0, 0.1) is 5.82 Å². The van der Waals surface area contributed by atoms with Gasteiger partial charge in [0.25, 0.3) is 0 Å². The summed E-state index contributed by atoms with van der Waals surface area (Å²) in [5.74, 6) is -1.45. The quantitative estimate of drug-likeness (QED) is 0.621. The number of carbonyl (C=O) groups is 2. The summed E-state index contributed by atoms with van der Waals surface area (Å²) in [5.41, 5.74) is -2.50. The first-order valence-electron chi connectivity index (χ1n) is 6.64. The second kappa shape index (κ2) is 6.55. The Kier molecular flexibility index (Phi) is 5.39. The highest BCUT2D eigenvalue weighted by Crippen LogP contribution is 2.33. The SMILES string of the molecule is CN(C(=O)OC(C)(C)C)C(C=O)c1ccc(F)c(C(F)(F)F)c1. The maximum atomic E-state index is 13.3. The van der Waals surface area contributed by atoms with E-state index in [0.717, 1.165) is 11.0 Å². The molecule has 4 nitrogen and oxygen atoms in total. The fraction of sp³-hybridized carbons (Fsp3) is 0.467. The van der Waals surface area contributed by atoms with Crippen molar-refractivity contribution in [1.29, 1.82) is 0 Å². The third-order valence-corrected chi connectivity index (χ3v) is 2.86. The predicted molar refractivity (Wildman–Crippen MR) is 74.2 cm³/mol. The van der Waals surface area contributed by atoms with Gasteiger partial charge in [0.1, 0.15) is 23.7 Å². The molecule has 0 bridgehead atoms. The van der Waals surface area contributed by atoms with Crippen molar-refractivity contribution in [3.05, 3.63) is 35.1 Å². The van der Waals surface area contributed by atoms with Crippen molar-refractivity contribution in [1.82, 2.24) is 4.90 Å². The summed E-state index contributed by atoms with van der Waals surface area (Å²) < 4.78 is 56.6.